The van der Waals surface area contributed by atoms with Crippen LogP contribution < -0.4 is 15.0 Å². The summed E-state index contributed by atoms with van der Waals surface area (Å²) in [4.78, 5) is 28.6. The van der Waals surface area contributed by atoms with Crippen LogP contribution in [-0.2, 0) is 0 Å². The van der Waals surface area contributed by atoms with E-state index in [1.165, 1.54) is 13.2 Å². The molecule has 180 valence electrons. The molecule has 0 saturated heterocycles. The molecule has 1 N–H and O–H groups in total. The van der Waals surface area contributed by atoms with Crippen LogP contribution in [0.2, 0.25) is 0 Å². The highest BCUT2D eigenvalue weighted by Crippen LogP contribution is 2.39. The molecule has 2 aromatic heterocycles. The second-order valence-electron chi connectivity index (χ2n) is 8.32. The van der Waals surface area contributed by atoms with Gasteiger partial charge in [-0.3, -0.25) is 15.1 Å². The summed E-state index contributed by atoms with van der Waals surface area (Å²) in [6.45, 7) is 1.37. The smallest absolute Gasteiger partial charge is 0.294 e. The summed E-state index contributed by atoms with van der Waals surface area (Å²) in [5.41, 5.74) is 2.38. The summed E-state index contributed by atoms with van der Waals surface area (Å²) in [5, 5.41) is 17.0. The molecule has 0 aliphatic rings. The van der Waals surface area contributed by atoms with Gasteiger partial charge in [0, 0.05) is 61.8 Å². The normalized spacial score (nSPS) is 11.0. The summed E-state index contributed by atoms with van der Waals surface area (Å²) in [7, 11) is 7.26. The first-order valence-corrected chi connectivity index (χ1v) is 11.0. The van der Waals surface area contributed by atoms with Crippen molar-refractivity contribution in [3.63, 3.8) is 0 Å². The Morgan fingerprint density at radius 3 is 2.63 bits per heavy atom. The van der Waals surface area contributed by atoms with Gasteiger partial charge in [0.2, 0.25) is 5.95 Å². The molecular formula is C25H27N7O3. The van der Waals surface area contributed by atoms with Crippen molar-refractivity contribution < 1.29 is 9.66 Å². The van der Waals surface area contributed by atoms with Crippen LogP contribution in [-0.4, -0.2) is 66.1 Å². The highest BCUT2D eigenvalue weighted by molar-refractivity contribution is 5.94. The molecule has 0 amide bonds. The van der Waals surface area contributed by atoms with Crippen LogP contribution in [0.15, 0.2) is 61.1 Å². The first-order chi connectivity index (χ1) is 16.9. The van der Waals surface area contributed by atoms with Crippen molar-refractivity contribution in [2.75, 3.05) is 51.6 Å². The van der Waals surface area contributed by atoms with Crippen molar-refractivity contribution >= 4 is 33.8 Å². The van der Waals surface area contributed by atoms with Crippen LogP contribution in [0, 0.1) is 10.1 Å². The monoisotopic (exact) mass is 473 g/mol. The molecule has 2 heterocycles. The molecule has 0 atom stereocenters. The summed E-state index contributed by atoms with van der Waals surface area (Å²) in [5.74, 6) is 0.736. The van der Waals surface area contributed by atoms with Gasteiger partial charge >= 0.3 is 0 Å². The second-order valence-corrected chi connectivity index (χ2v) is 8.32. The highest BCUT2D eigenvalue weighted by atomic mass is 16.6. The molecule has 10 nitrogen and oxygen atoms in total. The molecule has 0 fully saturated rings. The lowest BCUT2D eigenvalue weighted by Crippen LogP contribution is -2.28. The van der Waals surface area contributed by atoms with E-state index in [4.69, 9.17) is 4.74 Å². The molecule has 35 heavy (non-hydrogen) atoms. The van der Waals surface area contributed by atoms with Gasteiger partial charge < -0.3 is 19.9 Å². The Bertz CT molecular complexity index is 1350. The largest absolute Gasteiger partial charge is 0.494 e. The number of methoxy groups -OCH3 is 1. The molecular weight excluding hydrogens is 446 g/mol. The van der Waals surface area contributed by atoms with Crippen LogP contribution in [0.3, 0.4) is 0 Å². The van der Waals surface area contributed by atoms with Crippen molar-refractivity contribution in [1.29, 1.82) is 0 Å². The van der Waals surface area contributed by atoms with Crippen LogP contribution in [0.25, 0.3) is 22.0 Å². The Morgan fingerprint density at radius 2 is 1.89 bits per heavy atom. The number of nitrogens with zero attached hydrogens (tertiary/aromatic N) is 6. The standard InChI is InChI=1S/C25H27N7O3/c1-30(2)11-12-31(3)22-14-24(35-4)21(13-23(22)32(33)34)29-25-27-10-9-20(28-25)19-16-26-15-17-7-5-6-8-18(17)19/h5-10,13-16H,11-12H2,1-4H3,(H,27,28,29). The lowest BCUT2D eigenvalue weighted by molar-refractivity contribution is -0.384. The quantitative estimate of drug-likeness (QED) is 0.280. The van der Waals surface area contributed by atoms with Crippen molar-refractivity contribution in [1.82, 2.24) is 19.9 Å². The van der Waals surface area contributed by atoms with E-state index >= 15 is 0 Å². The Kier molecular flexibility index (Phi) is 7.02. The van der Waals surface area contributed by atoms with E-state index < -0.39 is 4.92 Å². The minimum atomic E-state index is -0.398. The number of pyridine rings is 1. The number of benzene rings is 2. The van der Waals surface area contributed by atoms with E-state index in [2.05, 4.69) is 20.3 Å². The maximum atomic E-state index is 11.9. The average Bonchev–Trinajstić information content (AvgIpc) is 2.86. The van der Waals surface area contributed by atoms with Crippen molar-refractivity contribution in [2.24, 2.45) is 0 Å². The number of likely N-dealkylation sites (N-methyl/N-ethyl adjacent to an activating group) is 2. The summed E-state index contributed by atoms with van der Waals surface area (Å²) in [6, 6.07) is 12.9. The van der Waals surface area contributed by atoms with Gasteiger partial charge in [-0.2, -0.15) is 0 Å². The molecule has 0 spiro atoms. The van der Waals surface area contributed by atoms with E-state index in [0.29, 0.717) is 29.4 Å². The van der Waals surface area contributed by atoms with E-state index in [9.17, 15) is 10.1 Å². The van der Waals surface area contributed by atoms with Crippen LogP contribution in [0.5, 0.6) is 5.75 Å². The molecule has 0 aliphatic carbocycles. The van der Waals surface area contributed by atoms with Gasteiger partial charge in [0.15, 0.2) is 0 Å². The minimum Gasteiger partial charge on any atom is -0.494 e. The number of nitrogens with one attached hydrogen (secondary N) is 1. The first-order valence-electron chi connectivity index (χ1n) is 11.0. The fourth-order valence-electron chi connectivity index (χ4n) is 3.76. The number of nitro benzene ring substituents is 1. The van der Waals surface area contributed by atoms with Gasteiger partial charge in [0.05, 0.1) is 23.4 Å². The van der Waals surface area contributed by atoms with E-state index in [0.717, 1.165) is 22.9 Å². The van der Waals surface area contributed by atoms with Gasteiger partial charge in [-0.1, -0.05) is 24.3 Å². The van der Waals surface area contributed by atoms with Crippen LogP contribution in [0.4, 0.5) is 23.0 Å². The molecule has 2 aromatic carbocycles. The fraction of sp³-hybridized carbons (Fsp3) is 0.240. The van der Waals surface area contributed by atoms with Gasteiger partial charge in [-0.15, -0.1) is 0 Å². The summed E-state index contributed by atoms with van der Waals surface area (Å²) in [6.07, 6.45) is 5.20. The maximum absolute atomic E-state index is 11.9. The van der Waals surface area contributed by atoms with Gasteiger partial charge in [0.1, 0.15) is 11.4 Å². The second kappa shape index (κ2) is 10.3. The Hall–Kier alpha value is -4.31. The van der Waals surface area contributed by atoms with E-state index in [-0.39, 0.29) is 11.6 Å². The Balaban J connectivity index is 1.70. The Labute approximate surface area is 203 Å². The molecule has 4 aromatic rings. The number of hydrogen-bond donors (Lipinski definition) is 1. The van der Waals surface area contributed by atoms with Crippen molar-refractivity contribution in [3.8, 4) is 17.0 Å². The van der Waals surface area contributed by atoms with E-state index in [1.807, 2.05) is 55.2 Å². The van der Waals surface area contributed by atoms with E-state index in [1.54, 1.807) is 30.7 Å². The number of hydrogen-bond acceptors (Lipinski definition) is 9. The first kappa shape index (κ1) is 23.8. The molecule has 0 bridgehead atoms. The number of rotatable bonds is 9. The van der Waals surface area contributed by atoms with Crippen LogP contribution in [0.1, 0.15) is 0 Å². The lowest BCUT2D eigenvalue weighted by atomic mass is 10.1. The zero-order chi connectivity index (χ0) is 24.9. The van der Waals surface area contributed by atoms with Gasteiger partial charge in [-0.05, 0) is 25.5 Å². The highest BCUT2D eigenvalue weighted by Gasteiger charge is 2.22. The number of nitro groups is 1. The lowest BCUT2D eigenvalue weighted by Gasteiger charge is -2.22. The third kappa shape index (κ3) is 5.28. The molecule has 10 heteroatoms. The average molecular weight is 474 g/mol. The Morgan fingerprint density at radius 1 is 1.09 bits per heavy atom. The summed E-state index contributed by atoms with van der Waals surface area (Å²) < 4.78 is 5.55. The predicted molar refractivity (Wildman–Crippen MR) is 138 cm³/mol. The SMILES string of the molecule is COc1cc(N(C)CCN(C)C)c([N+](=O)[O-])cc1Nc1nccc(-c2cncc3ccccc23)n1. The molecule has 0 saturated carbocycles. The third-order valence-corrected chi connectivity index (χ3v) is 5.63. The third-order valence-electron chi connectivity index (χ3n) is 5.63. The van der Waals surface area contributed by atoms with Crippen molar-refractivity contribution in [3.05, 3.63) is 71.2 Å². The number of aromatic nitrogens is 3. The number of ether oxygens (including phenoxy) is 1. The van der Waals surface area contributed by atoms with Gasteiger partial charge in [-0.25, -0.2) is 9.97 Å². The molecule has 0 aliphatic heterocycles. The maximum Gasteiger partial charge on any atom is 0.294 e. The molecule has 0 unspecified atom stereocenters. The topological polar surface area (TPSA) is 110 Å². The van der Waals surface area contributed by atoms with Gasteiger partial charge in [0.25, 0.3) is 5.69 Å². The number of fused-ring (bicyclic) bond motifs is 1. The molecule has 0 radical (unpaired) electrons. The minimum absolute atomic E-state index is 0.0380. The zero-order valence-electron chi connectivity index (χ0n) is 20.1. The summed E-state index contributed by atoms with van der Waals surface area (Å²) >= 11 is 0. The van der Waals surface area contributed by atoms with Crippen molar-refractivity contribution in [2.45, 2.75) is 0 Å². The van der Waals surface area contributed by atoms with Crippen LogP contribution >= 0.6 is 0 Å². The predicted octanol–water partition coefficient (Wildman–Crippen LogP) is 4.35. The number of anilines is 3. The molecule has 4 rings (SSSR count). The fourth-order valence-corrected chi connectivity index (χ4v) is 3.76. The zero-order valence-corrected chi connectivity index (χ0v) is 20.1.